The van der Waals surface area contributed by atoms with E-state index >= 15 is 0 Å². The maximum Gasteiger partial charge on any atom is 0.145 e. The summed E-state index contributed by atoms with van der Waals surface area (Å²) in [6.07, 6.45) is 1.30. The van der Waals surface area contributed by atoms with Crippen molar-refractivity contribution in [2.75, 3.05) is 0 Å². The highest BCUT2D eigenvalue weighted by molar-refractivity contribution is 5.86. The lowest BCUT2D eigenvalue weighted by molar-refractivity contribution is 0.581. The van der Waals surface area contributed by atoms with Crippen LogP contribution in [0.5, 0.6) is 0 Å². The molecule has 0 unspecified atom stereocenters. The van der Waals surface area contributed by atoms with Gasteiger partial charge in [-0.05, 0) is 30.3 Å². The fraction of sp³-hybridized carbons (Fsp3) is 0. The SMILES string of the molecule is N#C/C(=C\c1ccc(F)cc1F)n1nnc2ccccc21. The summed E-state index contributed by atoms with van der Waals surface area (Å²) in [5, 5.41) is 17.1. The summed E-state index contributed by atoms with van der Waals surface area (Å²) in [6.45, 7) is 0. The predicted octanol–water partition coefficient (Wildman–Crippen LogP) is 3.23. The molecule has 102 valence electrons. The van der Waals surface area contributed by atoms with E-state index in [0.717, 1.165) is 12.1 Å². The lowest BCUT2D eigenvalue weighted by atomic mass is 10.1. The second-order valence-electron chi connectivity index (χ2n) is 4.30. The van der Waals surface area contributed by atoms with Gasteiger partial charge in [0.2, 0.25) is 0 Å². The van der Waals surface area contributed by atoms with Gasteiger partial charge in [-0.3, -0.25) is 0 Å². The van der Waals surface area contributed by atoms with Crippen LogP contribution in [0, 0.1) is 23.0 Å². The molecule has 21 heavy (non-hydrogen) atoms. The average Bonchev–Trinajstić information content (AvgIpc) is 2.91. The first-order valence-electron chi connectivity index (χ1n) is 6.07. The predicted molar refractivity (Wildman–Crippen MR) is 73.7 cm³/mol. The zero-order valence-corrected chi connectivity index (χ0v) is 10.7. The summed E-state index contributed by atoms with van der Waals surface area (Å²) in [5.74, 6) is -1.42. The Morgan fingerprint density at radius 2 is 2.00 bits per heavy atom. The van der Waals surface area contributed by atoms with Crippen molar-refractivity contribution in [1.82, 2.24) is 15.0 Å². The molecule has 2 aromatic carbocycles. The van der Waals surface area contributed by atoms with Gasteiger partial charge in [0.25, 0.3) is 0 Å². The molecule has 0 N–H and O–H groups in total. The van der Waals surface area contributed by atoms with E-state index < -0.39 is 11.6 Å². The van der Waals surface area contributed by atoms with Crippen molar-refractivity contribution in [3.8, 4) is 6.07 Å². The third-order valence-electron chi connectivity index (χ3n) is 2.95. The molecule has 0 spiro atoms. The van der Waals surface area contributed by atoms with E-state index in [1.807, 2.05) is 6.07 Å². The number of rotatable bonds is 2. The van der Waals surface area contributed by atoms with E-state index in [1.54, 1.807) is 24.3 Å². The molecule has 3 aromatic rings. The molecule has 0 fully saturated rings. The molecule has 0 aliphatic rings. The smallest absolute Gasteiger partial charge is 0.145 e. The van der Waals surface area contributed by atoms with Crippen LogP contribution in [-0.2, 0) is 0 Å². The summed E-state index contributed by atoms with van der Waals surface area (Å²) in [5.41, 5.74) is 1.45. The topological polar surface area (TPSA) is 54.5 Å². The van der Waals surface area contributed by atoms with Crippen molar-refractivity contribution in [2.24, 2.45) is 0 Å². The summed E-state index contributed by atoms with van der Waals surface area (Å²) in [7, 11) is 0. The van der Waals surface area contributed by atoms with Gasteiger partial charge in [-0.15, -0.1) is 5.10 Å². The second kappa shape index (κ2) is 5.13. The van der Waals surface area contributed by atoms with Crippen LogP contribution in [0.3, 0.4) is 0 Å². The Balaban J connectivity index is 2.14. The minimum Gasteiger partial charge on any atom is -0.207 e. The van der Waals surface area contributed by atoms with Crippen LogP contribution in [0.1, 0.15) is 5.56 Å². The highest BCUT2D eigenvalue weighted by Gasteiger charge is 2.09. The maximum atomic E-state index is 13.7. The standard InChI is InChI=1S/C15H8F2N4/c16-11-6-5-10(13(17)8-11)7-12(9-18)21-15-4-2-1-3-14(15)19-20-21/h1-8H/b12-7+. The van der Waals surface area contributed by atoms with E-state index in [0.29, 0.717) is 11.0 Å². The third-order valence-corrected chi connectivity index (χ3v) is 2.95. The number of allylic oxidation sites excluding steroid dienone is 1. The minimum absolute atomic E-state index is 0.0919. The molecule has 0 atom stereocenters. The largest absolute Gasteiger partial charge is 0.207 e. The zero-order chi connectivity index (χ0) is 14.8. The fourth-order valence-corrected chi connectivity index (χ4v) is 1.95. The number of nitrogens with zero attached hydrogens (tertiary/aromatic N) is 4. The molecule has 0 amide bonds. The van der Waals surface area contributed by atoms with Gasteiger partial charge in [0.1, 0.15) is 28.9 Å². The molecule has 3 rings (SSSR count). The maximum absolute atomic E-state index is 13.7. The van der Waals surface area contributed by atoms with Crippen molar-refractivity contribution in [3.05, 3.63) is 59.7 Å². The number of halogens is 2. The zero-order valence-electron chi connectivity index (χ0n) is 10.7. The fourth-order valence-electron chi connectivity index (χ4n) is 1.95. The summed E-state index contributed by atoms with van der Waals surface area (Å²) in [4.78, 5) is 0. The lowest BCUT2D eigenvalue weighted by Gasteiger charge is -2.01. The molecule has 0 saturated carbocycles. The Labute approximate surface area is 118 Å². The van der Waals surface area contributed by atoms with Gasteiger partial charge in [0.15, 0.2) is 0 Å². The van der Waals surface area contributed by atoms with E-state index in [4.69, 9.17) is 0 Å². The molecule has 1 heterocycles. The molecular weight excluding hydrogens is 274 g/mol. The molecular formula is C15H8F2N4. The Morgan fingerprint density at radius 1 is 1.19 bits per heavy atom. The van der Waals surface area contributed by atoms with Gasteiger partial charge >= 0.3 is 0 Å². The van der Waals surface area contributed by atoms with Crippen LogP contribution >= 0.6 is 0 Å². The first kappa shape index (κ1) is 12.9. The number of benzene rings is 2. The highest BCUT2D eigenvalue weighted by Crippen LogP contribution is 2.19. The summed E-state index contributed by atoms with van der Waals surface area (Å²) >= 11 is 0. The van der Waals surface area contributed by atoms with Crippen LogP contribution in [-0.4, -0.2) is 15.0 Å². The van der Waals surface area contributed by atoms with Crippen LogP contribution in [0.4, 0.5) is 8.78 Å². The summed E-state index contributed by atoms with van der Waals surface area (Å²) in [6, 6.07) is 12.2. The monoisotopic (exact) mass is 282 g/mol. The van der Waals surface area contributed by atoms with Gasteiger partial charge in [0, 0.05) is 11.6 Å². The van der Waals surface area contributed by atoms with Gasteiger partial charge in [-0.2, -0.15) is 5.26 Å². The van der Waals surface area contributed by atoms with Crippen LogP contribution in [0.2, 0.25) is 0 Å². The first-order valence-corrected chi connectivity index (χ1v) is 6.07. The quantitative estimate of drug-likeness (QED) is 0.678. The molecule has 4 nitrogen and oxygen atoms in total. The van der Waals surface area contributed by atoms with E-state index in [2.05, 4.69) is 10.3 Å². The van der Waals surface area contributed by atoms with Gasteiger partial charge < -0.3 is 0 Å². The average molecular weight is 282 g/mol. The number of fused-ring (bicyclic) bond motifs is 1. The molecule has 0 radical (unpaired) electrons. The number of para-hydroxylation sites is 1. The van der Waals surface area contributed by atoms with Gasteiger partial charge in [-0.1, -0.05) is 17.3 Å². The lowest BCUT2D eigenvalue weighted by Crippen LogP contribution is -1.98. The normalized spacial score (nSPS) is 11.6. The van der Waals surface area contributed by atoms with Crippen molar-refractivity contribution >= 4 is 22.8 Å². The van der Waals surface area contributed by atoms with Gasteiger partial charge in [-0.25, -0.2) is 13.5 Å². The number of nitriles is 1. The van der Waals surface area contributed by atoms with Crippen LogP contribution < -0.4 is 0 Å². The van der Waals surface area contributed by atoms with E-state index in [1.165, 1.54) is 16.8 Å². The third kappa shape index (κ3) is 2.37. The highest BCUT2D eigenvalue weighted by atomic mass is 19.1. The molecule has 0 saturated heterocycles. The van der Waals surface area contributed by atoms with Crippen LogP contribution in [0.25, 0.3) is 22.8 Å². The number of hydrogen-bond acceptors (Lipinski definition) is 3. The van der Waals surface area contributed by atoms with Crippen LogP contribution in [0.15, 0.2) is 42.5 Å². The summed E-state index contributed by atoms with van der Waals surface area (Å²) < 4.78 is 27.9. The Morgan fingerprint density at radius 3 is 2.76 bits per heavy atom. The number of aromatic nitrogens is 3. The first-order chi connectivity index (χ1) is 10.2. The van der Waals surface area contributed by atoms with E-state index in [-0.39, 0.29) is 11.3 Å². The molecule has 6 heteroatoms. The second-order valence-corrected chi connectivity index (χ2v) is 4.30. The van der Waals surface area contributed by atoms with Gasteiger partial charge in [0.05, 0.1) is 5.52 Å². The molecule has 0 bridgehead atoms. The Kier molecular flexibility index (Phi) is 3.16. The Hall–Kier alpha value is -3.07. The molecule has 1 aromatic heterocycles. The van der Waals surface area contributed by atoms with E-state index in [9.17, 15) is 14.0 Å². The van der Waals surface area contributed by atoms with Crippen molar-refractivity contribution in [3.63, 3.8) is 0 Å². The minimum atomic E-state index is -0.743. The molecule has 0 aliphatic heterocycles. The van der Waals surface area contributed by atoms with Crippen molar-refractivity contribution < 1.29 is 8.78 Å². The van der Waals surface area contributed by atoms with Crippen molar-refractivity contribution in [2.45, 2.75) is 0 Å². The molecule has 0 aliphatic carbocycles. The number of hydrogen-bond donors (Lipinski definition) is 0. The van der Waals surface area contributed by atoms with Crippen molar-refractivity contribution in [1.29, 1.82) is 5.26 Å². The Bertz CT molecular complexity index is 890.